The molecule has 3 nitrogen and oxygen atoms in total. The van der Waals surface area contributed by atoms with Crippen LogP contribution in [0.25, 0.3) is 0 Å². The van der Waals surface area contributed by atoms with Gasteiger partial charge in [0.15, 0.2) is 0 Å². The highest BCUT2D eigenvalue weighted by molar-refractivity contribution is 5.77. The molecule has 0 amide bonds. The molecule has 0 aromatic heterocycles. The van der Waals surface area contributed by atoms with Crippen molar-refractivity contribution in [3.63, 3.8) is 0 Å². The molecule has 5 heteroatoms. The van der Waals surface area contributed by atoms with E-state index in [1.807, 2.05) is 6.92 Å². The number of carbonyl (C=O) groups excluding carboxylic acids is 1. The zero-order chi connectivity index (χ0) is 12.6. The minimum atomic E-state index is -3.39. The summed E-state index contributed by atoms with van der Waals surface area (Å²) in [5.74, 6) is -4.23. The van der Waals surface area contributed by atoms with Crippen LogP contribution in [0.4, 0.5) is 8.78 Å². The van der Waals surface area contributed by atoms with Crippen molar-refractivity contribution in [2.45, 2.75) is 51.2 Å². The fourth-order valence-corrected chi connectivity index (χ4v) is 2.97. The SMILES string of the molecule is CCOC1CC2CC1CC2OC(=O)C(C)(F)F. The topological polar surface area (TPSA) is 35.5 Å². The second-order valence-electron chi connectivity index (χ2n) is 5.05. The molecule has 0 heterocycles. The Bertz CT molecular complexity index is 301. The molecule has 17 heavy (non-hydrogen) atoms. The molecule has 2 fully saturated rings. The Morgan fingerprint density at radius 3 is 2.29 bits per heavy atom. The van der Waals surface area contributed by atoms with E-state index in [9.17, 15) is 13.6 Å². The van der Waals surface area contributed by atoms with Crippen molar-refractivity contribution in [1.82, 2.24) is 0 Å². The molecule has 0 radical (unpaired) electrons. The molecule has 0 aromatic rings. The van der Waals surface area contributed by atoms with Gasteiger partial charge in [0.05, 0.1) is 6.10 Å². The molecule has 2 aliphatic rings. The number of hydrogen-bond acceptors (Lipinski definition) is 3. The summed E-state index contributed by atoms with van der Waals surface area (Å²) in [6.07, 6.45) is 2.30. The van der Waals surface area contributed by atoms with Crippen LogP contribution in [0.1, 0.15) is 33.1 Å². The fourth-order valence-electron chi connectivity index (χ4n) is 2.97. The fraction of sp³-hybridized carbons (Fsp3) is 0.917. The van der Waals surface area contributed by atoms with E-state index < -0.39 is 11.9 Å². The molecule has 2 rings (SSSR count). The number of rotatable bonds is 4. The van der Waals surface area contributed by atoms with Crippen LogP contribution < -0.4 is 0 Å². The van der Waals surface area contributed by atoms with E-state index >= 15 is 0 Å². The summed E-state index contributed by atoms with van der Waals surface area (Å²) < 4.78 is 35.9. The second kappa shape index (κ2) is 4.52. The molecule has 98 valence electrons. The first-order chi connectivity index (χ1) is 7.91. The van der Waals surface area contributed by atoms with Crippen molar-refractivity contribution in [2.24, 2.45) is 11.8 Å². The Labute approximate surface area is 99.5 Å². The molecule has 2 saturated carbocycles. The lowest BCUT2D eigenvalue weighted by Crippen LogP contribution is -2.36. The highest BCUT2D eigenvalue weighted by atomic mass is 19.3. The van der Waals surface area contributed by atoms with Crippen molar-refractivity contribution >= 4 is 5.97 Å². The van der Waals surface area contributed by atoms with E-state index in [0.29, 0.717) is 25.9 Å². The first-order valence-electron chi connectivity index (χ1n) is 6.12. The lowest BCUT2D eigenvalue weighted by Gasteiger charge is -2.28. The molecule has 2 aliphatic carbocycles. The van der Waals surface area contributed by atoms with E-state index in [1.165, 1.54) is 0 Å². The number of fused-ring (bicyclic) bond motifs is 2. The maximum absolute atomic E-state index is 12.7. The smallest absolute Gasteiger partial charge is 0.376 e. The van der Waals surface area contributed by atoms with Crippen LogP contribution in [0.15, 0.2) is 0 Å². The van der Waals surface area contributed by atoms with Crippen LogP contribution in [-0.4, -0.2) is 30.7 Å². The maximum Gasteiger partial charge on any atom is 0.376 e. The van der Waals surface area contributed by atoms with Gasteiger partial charge in [-0.25, -0.2) is 4.79 Å². The highest BCUT2D eigenvalue weighted by Gasteiger charge is 2.49. The second-order valence-corrected chi connectivity index (χ2v) is 5.05. The van der Waals surface area contributed by atoms with Crippen LogP contribution in [-0.2, 0) is 14.3 Å². The molecule has 0 spiro atoms. The summed E-state index contributed by atoms with van der Waals surface area (Å²) in [5.41, 5.74) is 0. The van der Waals surface area contributed by atoms with Gasteiger partial charge in [-0.1, -0.05) is 0 Å². The standard InChI is InChI=1S/C12H18F2O3/c1-3-16-9-5-8-4-7(9)6-10(8)17-11(15)12(2,13)14/h7-10H,3-6H2,1-2H3. The number of ether oxygens (including phenoxy) is 2. The molecule has 4 unspecified atom stereocenters. The molecule has 0 N–H and O–H groups in total. The van der Waals surface area contributed by atoms with Gasteiger partial charge in [-0.3, -0.25) is 0 Å². The van der Waals surface area contributed by atoms with E-state index in [-0.39, 0.29) is 18.1 Å². The van der Waals surface area contributed by atoms with Gasteiger partial charge in [-0.2, -0.15) is 8.78 Å². The molecule has 0 saturated heterocycles. The molecular weight excluding hydrogens is 230 g/mol. The third-order valence-electron chi connectivity index (χ3n) is 3.72. The zero-order valence-electron chi connectivity index (χ0n) is 10.1. The van der Waals surface area contributed by atoms with Gasteiger partial charge in [0, 0.05) is 13.5 Å². The Kier molecular flexibility index (Phi) is 3.39. The lowest BCUT2D eigenvalue weighted by atomic mass is 9.95. The number of carbonyl (C=O) groups is 1. The minimum absolute atomic E-state index is 0.197. The van der Waals surface area contributed by atoms with Crippen LogP contribution >= 0.6 is 0 Å². The van der Waals surface area contributed by atoms with Crippen LogP contribution in [0.2, 0.25) is 0 Å². The molecule has 0 aromatic carbocycles. The van der Waals surface area contributed by atoms with E-state index in [0.717, 1.165) is 12.8 Å². The highest BCUT2D eigenvalue weighted by Crippen LogP contribution is 2.47. The number of alkyl halides is 2. The average Bonchev–Trinajstić information content (AvgIpc) is 2.76. The average molecular weight is 248 g/mol. The third-order valence-corrected chi connectivity index (χ3v) is 3.72. The van der Waals surface area contributed by atoms with E-state index in [2.05, 4.69) is 0 Å². The van der Waals surface area contributed by atoms with Crippen LogP contribution in [0.5, 0.6) is 0 Å². The summed E-state index contributed by atoms with van der Waals surface area (Å²) >= 11 is 0. The normalized spacial score (nSPS) is 36.2. The van der Waals surface area contributed by atoms with Crippen molar-refractivity contribution in [1.29, 1.82) is 0 Å². The minimum Gasteiger partial charge on any atom is -0.458 e. The predicted octanol–water partition coefficient (Wildman–Crippen LogP) is 2.39. The summed E-state index contributed by atoms with van der Waals surface area (Å²) in [6.45, 7) is 3.19. The number of esters is 1. The van der Waals surface area contributed by atoms with Crippen molar-refractivity contribution in [3.05, 3.63) is 0 Å². The van der Waals surface area contributed by atoms with Gasteiger partial charge in [0.2, 0.25) is 0 Å². The van der Waals surface area contributed by atoms with Gasteiger partial charge in [-0.15, -0.1) is 0 Å². The first kappa shape index (κ1) is 12.7. The lowest BCUT2D eigenvalue weighted by molar-refractivity contribution is -0.178. The van der Waals surface area contributed by atoms with Gasteiger partial charge >= 0.3 is 11.9 Å². The number of halogens is 2. The van der Waals surface area contributed by atoms with E-state index in [1.54, 1.807) is 0 Å². The van der Waals surface area contributed by atoms with Crippen molar-refractivity contribution in [2.75, 3.05) is 6.61 Å². The van der Waals surface area contributed by atoms with Crippen LogP contribution in [0, 0.1) is 11.8 Å². The summed E-state index contributed by atoms with van der Waals surface area (Å²) in [7, 11) is 0. The Balaban J connectivity index is 1.86. The van der Waals surface area contributed by atoms with Gasteiger partial charge < -0.3 is 9.47 Å². The largest absolute Gasteiger partial charge is 0.458 e. The molecule has 4 atom stereocenters. The summed E-state index contributed by atoms with van der Waals surface area (Å²) in [4.78, 5) is 11.1. The van der Waals surface area contributed by atoms with Gasteiger partial charge in [-0.05, 0) is 38.0 Å². The Hall–Kier alpha value is -0.710. The predicted molar refractivity (Wildman–Crippen MR) is 56.7 cm³/mol. The monoisotopic (exact) mass is 248 g/mol. The quantitative estimate of drug-likeness (QED) is 0.717. The third kappa shape index (κ3) is 2.59. The van der Waals surface area contributed by atoms with Crippen LogP contribution in [0.3, 0.4) is 0 Å². The molecule has 0 aliphatic heterocycles. The van der Waals surface area contributed by atoms with E-state index in [4.69, 9.17) is 9.47 Å². The zero-order valence-corrected chi connectivity index (χ0v) is 10.1. The Morgan fingerprint density at radius 1 is 1.24 bits per heavy atom. The Morgan fingerprint density at radius 2 is 1.82 bits per heavy atom. The van der Waals surface area contributed by atoms with Crippen molar-refractivity contribution < 1.29 is 23.0 Å². The van der Waals surface area contributed by atoms with Gasteiger partial charge in [0.1, 0.15) is 6.10 Å². The summed E-state index contributed by atoms with van der Waals surface area (Å²) in [5, 5.41) is 0. The molecular formula is C12H18F2O3. The number of hydrogen-bond donors (Lipinski definition) is 0. The summed E-state index contributed by atoms with van der Waals surface area (Å²) in [6, 6.07) is 0. The first-order valence-corrected chi connectivity index (χ1v) is 6.12. The maximum atomic E-state index is 12.7. The van der Waals surface area contributed by atoms with Crippen molar-refractivity contribution in [3.8, 4) is 0 Å². The molecule has 2 bridgehead atoms. The van der Waals surface area contributed by atoms with Gasteiger partial charge in [0.25, 0.3) is 0 Å².